The average molecular weight is 348 g/mol. The van der Waals surface area contributed by atoms with Gasteiger partial charge < -0.3 is 14.4 Å². The lowest BCUT2D eigenvalue weighted by atomic mass is 10.1. The summed E-state index contributed by atoms with van der Waals surface area (Å²) in [6.45, 7) is 2.02. The smallest absolute Gasteiger partial charge is 0.178 e. The molecule has 2 aromatic carbocycles. The number of fused-ring (bicyclic) bond motifs is 1. The highest BCUT2D eigenvalue weighted by Crippen LogP contribution is 2.26. The fourth-order valence-electron chi connectivity index (χ4n) is 2.67. The maximum atomic E-state index is 12.1. The van der Waals surface area contributed by atoms with E-state index < -0.39 is 0 Å². The lowest BCUT2D eigenvalue weighted by molar-refractivity contribution is -0.110. The summed E-state index contributed by atoms with van der Waals surface area (Å²) >= 11 is 0. The largest absolute Gasteiger partial charge is 0.504 e. The highest BCUT2D eigenvalue weighted by Gasteiger charge is 2.05. The van der Waals surface area contributed by atoms with Crippen molar-refractivity contribution in [2.45, 2.75) is 6.92 Å². The third-order valence-corrected chi connectivity index (χ3v) is 4.11. The summed E-state index contributed by atoms with van der Waals surface area (Å²) in [5.74, 6) is 0.997. The third kappa shape index (κ3) is 3.67. The summed E-state index contributed by atoms with van der Waals surface area (Å²) in [4.78, 5) is 16.7. The molecular formula is C21H20N2O3. The number of nitrogens with zero attached hydrogens (tertiary/aromatic N) is 2. The number of allylic oxidation sites excluding steroid dienone is 2. The number of hydrogen-bond donors (Lipinski definition) is 1. The summed E-state index contributed by atoms with van der Waals surface area (Å²) < 4.78 is 7.01. The van der Waals surface area contributed by atoms with Gasteiger partial charge in [0, 0.05) is 7.05 Å². The number of ether oxygens (including phenoxy) is 1. The van der Waals surface area contributed by atoms with Crippen LogP contribution >= 0.6 is 0 Å². The van der Waals surface area contributed by atoms with Crippen LogP contribution in [0.25, 0.3) is 23.2 Å². The Morgan fingerprint density at radius 1 is 1.15 bits per heavy atom. The average Bonchev–Trinajstić information content (AvgIpc) is 2.94. The van der Waals surface area contributed by atoms with E-state index in [2.05, 4.69) is 4.98 Å². The van der Waals surface area contributed by atoms with Crippen LogP contribution in [-0.4, -0.2) is 27.6 Å². The van der Waals surface area contributed by atoms with E-state index in [-0.39, 0.29) is 11.5 Å². The van der Waals surface area contributed by atoms with Crippen molar-refractivity contribution in [2.75, 3.05) is 7.11 Å². The third-order valence-electron chi connectivity index (χ3n) is 4.11. The molecule has 0 aliphatic carbocycles. The number of aromatic hydroxyl groups is 1. The summed E-state index contributed by atoms with van der Waals surface area (Å²) in [6, 6.07) is 11.0. The highest BCUT2D eigenvalue weighted by molar-refractivity contribution is 6.04. The van der Waals surface area contributed by atoms with Crippen LogP contribution in [0, 0.1) is 6.92 Å². The van der Waals surface area contributed by atoms with Gasteiger partial charge in [0.15, 0.2) is 17.3 Å². The van der Waals surface area contributed by atoms with Crippen LogP contribution < -0.4 is 4.74 Å². The molecule has 1 N–H and O–H groups in total. The maximum absolute atomic E-state index is 12.1. The lowest BCUT2D eigenvalue weighted by Gasteiger charge is -2.03. The number of phenols is 1. The van der Waals surface area contributed by atoms with Gasteiger partial charge in [0.2, 0.25) is 0 Å². The van der Waals surface area contributed by atoms with E-state index in [1.165, 1.54) is 25.3 Å². The van der Waals surface area contributed by atoms with E-state index in [0.717, 1.165) is 28.0 Å². The minimum Gasteiger partial charge on any atom is -0.504 e. The molecule has 1 aromatic heterocycles. The van der Waals surface area contributed by atoms with Crippen molar-refractivity contribution in [3.63, 3.8) is 0 Å². The maximum Gasteiger partial charge on any atom is 0.178 e. The van der Waals surface area contributed by atoms with Gasteiger partial charge in [0.25, 0.3) is 0 Å². The van der Waals surface area contributed by atoms with Crippen LogP contribution in [0.2, 0.25) is 0 Å². The number of phenolic OH excluding ortho intramolecular Hbond substituents is 1. The Bertz CT molecular complexity index is 1030. The molecule has 3 aromatic rings. The van der Waals surface area contributed by atoms with Gasteiger partial charge in [-0.1, -0.05) is 18.2 Å². The number of methoxy groups -OCH3 is 1. The molecule has 26 heavy (non-hydrogen) atoms. The number of carbonyl (C=O) groups excluding carboxylic acids is 1. The molecule has 0 aliphatic rings. The minimum atomic E-state index is -0.153. The molecule has 0 amide bonds. The molecule has 0 radical (unpaired) electrons. The van der Waals surface area contributed by atoms with E-state index >= 15 is 0 Å². The van der Waals surface area contributed by atoms with Gasteiger partial charge in [-0.25, -0.2) is 4.98 Å². The molecular weight excluding hydrogens is 328 g/mol. The molecule has 0 aliphatic heterocycles. The van der Waals surface area contributed by atoms with Crippen molar-refractivity contribution < 1.29 is 14.6 Å². The highest BCUT2D eigenvalue weighted by atomic mass is 16.5. The topological polar surface area (TPSA) is 64.3 Å². The molecule has 0 saturated carbocycles. The molecule has 5 heteroatoms. The van der Waals surface area contributed by atoms with Gasteiger partial charge in [0.1, 0.15) is 5.82 Å². The minimum absolute atomic E-state index is 0.0629. The summed E-state index contributed by atoms with van der Waals surface area (Å²) in [6.07, 6.45) is 6.34. The number of ketones is 1. The van der Waals surface area contributed by atoms with Crippen molar-refractivity contribution in [3.05, 3.63) is 65.5 Å². The Balaban J connectivity index is 1.76. The quantitative estimate of drug-likeness (QED) is 0.711. The number of benzene rings is 2. The van der Waals surface area contributed by atoms with Gasteiger partial charge >= 0.3 is 0 Å². The zero-order chi connectivity index (χ0) is 18.7. The molecule has 0 saturated heterocycles. The van der Waals surface area contributed by atoms with Crippen LogP contribution in [0.1, 0.15) is 17.0 Å². The van der Waals surface area contributed by atoms with Crippen molar-refractivity contribution in [1.82, 2.24) is 9.55 Å². The van der Waals surface area contributed by atoms with E-state index in [9.17, 15) is 9.90 Å². The molecule has 0 fully saturated rings. The predicted molar refractivity (Wildman–Crippen MR) is 103 cm³/mol. The van der Waals surface area contributed by atoms with Crippen molar-refractivity contribution in [1.29, 1.82) is 0 Å². The van der Waals surface area contributed by atoms with Gasteiger partial charge in [-0.2, -0.15) is 0 Å². The van der Waals surface area contributed by atoms with Gasteiger partial charge in [-0.05, 0) is 60.5 Å². The molecule has 0 spiro atoms. The number of aromatic nitrogens is 2. The number of carbonyl (C=O) groups is 1. The lowest BCUT2D eigenvalue weighted by Crippen LogP contribution is -1.92. The van der Waals surface area contributed by atoms with Crippen molar-refractivity contribution in [2.24, 2.45) is 7.05 Å². The first-order chi connectivity index (χ1) is 12.5. The first-order valence-electron chi connectivity index (χ1n) is 8.18. The molecule has 0 bridgehead atoms. The molecule has 3 rings (SSSR count). The number of imidazole rings is 1. The van der Waals surface area contributed by atoms with Gasteiger partial charge in [-0.3, -0.25) is 4.79 Å². The zero-order valence-corrected chi connectivity index (χ0v) is 14.9. The number of aryl methyl sites for hydroxylation is 2. The Kier molecular flexibility index (Phi) is 4.89. The first-order valence-corrected chi connectivity index (χ1v) is 8.18. The molecule has 0 atom stereocenters. The fraction of sp³-hybridized carbons (Fsp3) is 0.143. The Morgan fingerprint density at radius 3 is 2.69 bits per heavy atom. The first kappa shape index (κ1) is 17.5. The Morgan fingerprint density at radius 2 is 1.92 bits per heavy atom. The summed E-state index contributed by atoms with van der Waals surface area (Å²) in [5.41, 5.74) is 3.84. The van der Waals surface area contributed by atoms with E-state index in [4.69, 9.17) is 4.74 Å². The Labute approximate surface area is 151 Å². The van der Waals surface area contributed by atoms with Crippen molar-refractivity contribution in [3.8, 4) is 11.5 Å². The predicted octanol–water partition coefficient (Wildman–Crippen LogP) is 3.89. The van der Waals surface area contributed by atoms with Gasteiger partial charge in [-0.15, -0.1) is 0 Å². The van der Waals surface area contributed by atoms with Crippen LogP contribution in [0.3, 0.4) is 0 Å². The summed E-state index contributed by atoms with van der Waals surface area (Å²) in [5, 5.41) is 9.59. The second-order valence-corrected chi connectivity index (χ2v) is 6.02. The second kappa shape index (κ2) is 7.27. The summed E-state index contributed by atoms with van der Waals surface area (Å²) in [7, 11) is 3.40. The fourth-order valence-corrected chi connectivity index (χ4v) is 2.67. The monoisotopic (exact) mass is 348 g/mol. The molecule has 1 heterocycles. The van der Waals surface area contributed by atoms with E-state index in [1.54, 1.807) is 24.3 Å². The van der Waals surface area contributed by atoms with Crippen molar-refractivity contribution >= 4 is 29.0 Å². The number of rotatable bonds is 5. The Hall–Kier alpha value is -3.34. The van der Waals surface area contributed by atoms with Crippen LogP contribution in [0.4, 0.5) is 0 Å². The van der Waals surface area contributed by atoms with Gasteiger partial charge in [0.05, 0.1) is 18.1 Å². The molecule has 132 valence electrons. The van der Waals surface area contributed by atoms with Crippen LogP contribution in [0.15, 0.2) is 48.6 Å². The number of hydrogen-bond acceptors (Lipinski definition) is 4. The molecule has 0 unspecified atom stereocenters. The van der Waals surface area contributed by atoms with Crippen LogP contribution in [-0.2, 0) is 11.8 Å². The van der Waals surface area contributed by atoms with E-state index in [0.29, 0.717) is 5.75 Å². The molecule has 5 nitrogen and oxygen atoms in total. The van der Waals surface area contributed by atoms with Crippen LogP contribution in [0.5, 0.6) is 11.5 Å². The second-order valence-electron chi connectivity index (χ2n) is 6.02. The normalized spacial score (nSPS) is 11.7. The van der Waals surface area contributed by atoms with E-state index in [1.807, 2.05) is 36.7 Å². The standard InChI is InChI=1S/C21H20N2O3/c1-14-4-9-18-17(12-14)22-21(23(18)2)11-8-16(24)7-5-15-6-10-19(25)20(13-15)26-3/h4-13,25H,1-3H3/b7-5+,11-8+. The SMILES string of the molecule is COc1cc(/C=C/C(=O)/C=C/c2nc3cc(C)ccc3n2C)ccc1O. The zero-order valence-electron chi connectivity index (χ0n) is 14.9.